The molecule has 0 aliphatic carbocycles. The zero-order chi connectivity index (χ0) is 23.0. The average molecular weight is 483 g/mol. The first kappa shape index (κ1) is 21.6. The van der Waals surface area contributed by atoms with Crippen LogP contribution in [0.3, 0.4) is 0 Å². The summed E-state index contributed by atoms with van der Waals surface area (Å²) < 4.78 is 38.4. The van der Waals surface area contributed by atoms with E-state index in [1.807, 2.05) is 24.3 Å². The van der Waals surface area contributed by atoms with Gasteiger partial charge in [0.05, 0.1) is 24.5 Å². The minimum Gasteiger partial charge on any atom is -0.497 e. The fourth-order valence-corrected chi connectivity index (χ4v) is 6.63. The summed E-state index contributed by atoms with van der Waals surface area (Å²) >= 11 is 1.51. The van der Waals surface area contributed by atoms with E-state index in [0.717, 1.165) is 32.1 Å². The highest BCUT2D eigenvalue weighted by Gasteiger charge is 2.31. The largest absolute Gasteiger partial charge is 0.497 e. The molecule has 0 bridgehead atoms. The van der Waals surface area contributed by atoms with Gasteiger partial charge in [0.15, 0.2) is 0 Å². The van der Waals surface area contributed by atoms with Crippen molar-refractivity contribution in [2.45, 2.75) is 17.9 Å². The second-order valence-electron chi connectivity index (χ2n) is 7.53. The number of aromatic nitrogens is 2. The Bertz CT molecular complexity index is 1420. The summed E-state index contributed by atoms with van der Waals surface area (Å²) in [6, 6.07) is 14.1. The number of rotatable bonds is 6. The third-order valence-electron chi connectivity index (χ3n) is 5.63. The lowest BCUT2D eigenvalue weighted by atomic mass is 10.1. The molecule has 5 rings (SSSR count). The quantitative estimate of drug-likeness (QED) is 0.440. The van der Waals surface area contributed by atoms with Crippen LogP contribution in [0.15, 0.2) is 59.8 Å². The van der Waals surface area contributed by atoms with Crippen LogP contribution in [-0.4, -0.2) is 43.5 Å². The van der Waals surface area contributed by atoms with Gasteiger partial charge in [0.25, 0.3) is 0 Å². The lowest BCUT2D eigenvalue weighted by Gasteiger charge is -2.26. The zero-order valence-corrected chi connectivity index (χ0v) is 19.7. The van der Waals surface area contributed by atoms with Crippen LogP contribution in [0.25, 0.3) is 10.2 Å². The van der Waals surface area contributed by atoms with Gasteiger partial charge in [-0.05, 0) is 48.4 Å². The number of anilines is 2. The Morgan fingerprint density at radius 1 is 1.03 bits per heavy atom. The van der Waals surface area contributed by atoms with Crippen LogP contribution in [-0.2, 0) is 23.0 Å². The highest BCUT2D eigenvalue weighted by atomic mass is 32.2. The van der Waals surface area contributed by atoms with E-state index < -0.39 is 10.0 Å². The minimum atomic E-state index is -3.61. The second-order valence-corrected chi connectivity index (χ2v) is 10.5. The summed E-state index contributed by atoms with van der Waals surface area (Å²) in [4.78, 5) is 11.0. The van der Waals surface area contributed by atoms with Gasteiger partial charge in [-0.15, -0.1) is 11.3 Å². The zero-order valence-electron chi connectivity index (χ0n) is 18.1. The Hall–Kier alpha value is -3.21. The molecule has 0 radical (unpaired) electrons. The Labute approximate surface area is 195 Å². The summed E-state index contributed by atoms with van der Waals surface area (Å²) in [5, 5.41) is 4.31. The SMILES string of the molecule is COc1ccc(S(=O)(=O)N2CCc3c(sc4ncnc(Nc5cccc(OC)c5)c34)C2)cc1. The number of nitrogens with zero attached hydrogens (tertiary/aromatic N) is 3. The first-order valence-electron chi connectivity index (χ1n) is 10.3. The van der Waals surface area contributed by atoms with Gasteiger partial charge in [0, 0.05) is 29.7 Å². The number of thiophene rings is 1. The molecule has 33 heavy (non-hydrogen) atoms. The van der Waals surface area contributed by atoms with E-state index in [4.69, 9.17) is 9.47 Å². The van der Waals surface area contributed by atoms with E-state index in [-0.39, 0.29) is 4.90 Å². The molecule has 10 heteroatoms. The number of benzene rings is 2. The van der Waals surface area contributed by atoms with Crippen molar-refractivity contribution in [2.75, 3.05) is 26.1 Å². The van der Waals surface area contributed by atoms with Gasteiger partial charge in [-0.2, -0.15) is 4.31 Å². The average Bonchev–Trinajstić information content (AvgIpc) is 3.23. The maximum absolute atomic E-state index is 13.2. The Morgan fingerprint density at radius 3 is 2.58 bits per heavy atom. The third-order valence-corrected chi connectivity index (χ3v) is 8.62. The van der Waals surface area contributed by atoms with Gasteiger partial charge in [0.2, 0.25) is 10.0 Å². The number of ether oxygens (including phenoxy) is 2. The first-order chi connectivity index (χ1) is 16.0. The fraction of sp³-hybridized carbons (Fsp3) is 0.217. The van der Waals surface area contributed by atoms with Crippen molar-refractivity contribution < 1.29 is 17.9 Å². The van der Waals surface area contributed by atoms with E-state index in [0.29, 0.717) is 31.1 Å². The lowest BCUT2D eigenvalue weighted by molar-refractivity contribution is 0.396. The highest BCUT2D eigenvalue weighted by Crippen LogP contribution is 2.39. The summed E-state index contributed by atoms with van der Waals surface area (Å²) in [6.45, 7) is 0.698. The van der Waals surface area contributed by atoms with Gasteiger partial charge in [-0.3, -0.25) is 0 Å². The number of fused-ring (bicyclic) bond motifs is 3. The topological polar surface area (TPSA) is 93.7 Å². The number of nitrogens with one attached hydrogen (secondary N) is 1. The molecule has 3 heterocycles. The van der Waals surface area contributed by atoms with Gasteiger partial charge < -0.3 is 14.8 Å². The monoisotopic (exact) mass is 482 g/mol. The van der Waals surface area contributed by atoms with Crippen LogP contribution in [0.1, 0.15) is 10.4 Å². The summed E-state index contributed by atoms with van der Waals surface area (Å²) in [5.74, 6) is 2.07. The van der Waals surface area contributed by atoms with E-state index in [2.05, 4.69) is 15.3 Å². The summed E-state index contributed by atoms with van der Waals surface area (Å²) in [6.07, 6.45) is 2.11. The molecule has 8 nitrogen and oxygen atoms in total. The molecule has 0 saturated carbocycles. The molecule has 0 spiro atoms. The molecule has 1 N–H and O–H groups in total. The fourth-order valence-electron chi connectivity index (χ4n) is 3.94. The molecule has 0 amide bonds. The predicted molar refractivity (Wildman–Crippen MR) is 128 cm³/mol. The predicted octanol–water partition coefficient (Wildman–Crippen LogP) is 4.20. The van der Waals surface area contributed by atoms with Crippen LogP contribution in [0.2, 0.25) is 0 Å². The number of sulfonamides is 1. The molecule has 2 aromatic carbocycles. The van der Waals surface area contributed by atoms with E-state index in [1.165, 1.54) is 22.0 Å². The minimum absolute atomic E-state index is 0.257. The van der Waals surface area contributed by atoms with Crippen molar-refractivity contribution in [2.24, 2.45) is 0 Å². The Morgan fingerprint density at radius 2 is 1.82 bits per heavy atom. The van der Waals surface area contributed by atoms with Gasteiger partial charge in [-0.25, -0.2) is 18.4 Å². The Balaban J connectivity index is 1.46. The van der Waals surface area contributed by atoms with Crippen LogP contribution in [0.5, 0.6) is 11.5 Å². The van der Waals surface area contributed by atoms with Crippen LogP contribution in [0, 0.1) is 0 Å². The van der Waals surface area contributed by atoms with E-state index in [1.54, 1.807) is 38.5 Å². The molecule has 4 aromatic rings. The number of hydrogen-bond donors (Lipinski definition) is 1. The molecule has 0 unspecified atom stereocenters. The smallest absolute Gasteiger partial charge is 0.243 e. The molecular formula is C23H22N4O4S2. The number of hydrogen-bond acceptors (Lipinski definition) is 8. The van der Waals surface area contributed by atoms with Crippen molar-refractivity contribution in [3.05, 3.63) is 65.3 Å². The van der Waals surface area contributed by atoms with E-state index >= 15 is 0 Å². The van der Waals surface area contributed by atoms with Crippen LogP contribution in [0.4, 0.5) is 11.5 Å². The lowest BCUT2D eigenvalue weighted by Crippen LogP contribution is -2.35. The molecule has 170 valence electrons. The summed E-state index contributed by atoms with van der Waals surface area (Å²) in [5.41, 5.74) is 1.95. The highest BCUT2D eigenvalue weighted by molar-refractivity contribution is 7.89. The van der Waals surface area contributed by atoms with Gasteiger partial charge in [-0.1, -0.05) is 6.07 Å². The molecular weight excluding hydrogens is 460 g/mol. The van der Waals surface area contributed by atoms with Gasteiger partial charge >= 0.3 is 0 Å². The second kappa shape index (κ2) is 8.62. The van der Waals surface area contributed by atoms with Crippen LogP contribution < -0.4 is 14.8 Å². The third kappa shape index (κ3) is 4.01. The maximum atomic E-state index is 13.2. The maximum Gasteiger partial charge on any atom is 0.243 e. The Kier molecular flexibility index (Phi) is 5.65. The van der Waals surface area contributed by atoms with Crippen LogP contribution >= 0.6 is 11.3 Å². The van der Waals surface area contributed by atoms with Gasteiger partial charge in [0.1, 0.15) is 28.5 Å². The molecule has 0 fully saturated rings. The number of methoxy groups -OCH3 is 2. The van der Waals surface area contributed by atoms with E-state index in [9.17, 15) is 8.42 Å². The standard InChI is InChI=1S/C23H22N4O4S2/c1-30-16-6-8-18(9-7-16)33(28,29)27-11-10-19-20(13-27)32-23-21(19)22(24-14-25-23)26-15-4-3-5-17(12-15)31-2/h3-9,12,14H,10-11,13H2,1-2H3,(H,24,25,26). The normalized spacial score (nSPS) is 14.1. The molecule has 1 aliphatic rings. The molecule has 0 saturated heterocycles. The van der Waals surface area contributed by atoms with Crippen molar-refractivity contribution in [3.8, 4) is 11.5 Å². The first-order valence-corrected chi connectivity index (χ1v) is 12.6. The van der Waals surface area contributed by atoms with Crippen molar-refractivity contribution in [1.82, 2.24) is 14.3 Å². The van der Waals surface area contributed by atoms with Crippen molar-refractivity contribution in [1.29, 1.82) is 0 Å². The molecule has 1 aliphatic heterocycles. The summed E-state index contributed by atoms with van der Waals surface area (Å²) in [7, 11) is -0.434. The molecule has 2 aromatic heterocycles. The molecule has 0 atom stereocenters. The van der Waals surface area contributed by atoms with Crippen molar-refractivity contribution >= 4 is 43.1 Å². The van der Waals surface area contributed by atoms with Crippen molar-refractivity contribution in [3.63, 3.8) is 0 Å².